The molecule has 0 aromatic heterocycles. The SMILES string of the molecule is CCOC(=O)CN(c1ccc(Cl)c(C)c1)S(=O)(=O)c1cc(Cl)ccc1Cl. The van der Waals surface area contributed by atoms with E-state index < -0.39 is 22.5 Å². The monoisotopic (exact) mass is 435 g/mol. The summed E-state index contributed by atoms with van der Waals surface area (Å²) in [5.74, 6) is -0.693. The summed E-state index contributed by atoms with van der Waals surface area (Å²) in [5.41, 5.74) is 0.918. The Morgan fingerprint density at radius 1 is 1.08 bits per heavy atom. The Morgan fingerprint density at radius 2 is 1.73 bits per heavy atom. The molecule has 5 nitrogen and oxygen atoms in total. The van der Waals surface area contributed by atoms with E-state index in [1.165, 1.54) is 24.3 Å². The first-order valence-corrected chi connectivity index (χ1v) is 10.1. The van der Waals surface area contributed by atoms with Crippen molar-refractivity contribution in [2.24, 2.45) is 0 Å². The summed E-state index contributed by atoms with van der Waals surface area (Å²) in [6, 6.07) is 8.72. The van der Waals surface area contributed by atoms with Crippen molar-refractivity contribution in [2.45, 2.75) is 18.7 Å². The van der Waals surface area contributed by atoms with E-state index in [9.17, 15) is 13.2 Å². The second kappa shape index (κ2) is 8.48. The van der Waals surface area contributed by atoms with Crippen molar-refractivity contribution < 1.29 is 17.9 Å². The van der Waals surface area contributed by atoms with Crippen LogP contribution in [-0.4, -0.2) is 27.5 Å². The van der Waals surface area contributed by atoms with Crippen LogP contribution >= 0.6 is 34.8 Å². The van der Waals surface area contributed by atoms with Gasteiger partial charge < -0.3 is 4.74 Å². The van der Waals surface area contributed by atoms with Gasteiger partial charge in [0.2, 0.25) is 0 Å². The lowest BCUT2D eigenvalue weighted by atomic mass is 10.2. The van der Waals surface area contributed by atoms with Crippen LogP contribution in [0.4, 0.5) is 5.69 Å². The predicted molar refractivity (Wildman–Crippen MR) is 104 cm³/mol. The molecule has 26 heavy (non-hydrogen) atoms. The van der Waals surface area contributed by atoms with E-state index in [-0.39, 0.29) is 27.2 Å². The maximum Gasteiger partial charge on any atom is 0.326 e. The smallest absolute Gasteiger partial charge is 0.326 e. The van der Waals surface area contributed by atoms with Gasteiger partial charge in [-0.1, -0.05) is 34.8 Å². The fourth-order valence-electron chi connectivity index (χ4n) is 2.22. The highest BCUT2D eigenvalue weighted by atomic mass is 35.5. The number of rotatable bonds is 6. The van der Waals surface area contributed by atoms with Crippen LogP contribution in [0.1, 0.15) is 12.5 Å². The van der Waals surface area contributed by atoms with Gasteiger partial charge in [0.15, 0.2) is 0 Å². The van der Waals surface area contributed by atoms with Crippen molar-refractivity contribution in [3.8, 4) is 0 Å². The van der Waals surface area contributed by atoms with Crippen LogP contribution in [0.3, 0.4) is 0 Å². The Morgan fingerprint density at radius 3 is 2.35 bits per heavy atom. The maximum absolute atomic E-state index is 13.2. The van der Waals surface area contributed by atoms with Crippen molar-refractivity contribution in [3.63, 3.8) is 0 Å². The number of carbonyl (C=O) groups excluding carboxylic acids is 1. The molecule has 0 aliphatic heterocycles. The van der Waals surface area contributed by atoms with Gasteiger partial charge in [-0.05, 0) is 55.8 Å². The van der Waals surface area contributed by atoms with Gasteiger partial charge in [-0.3, -0.25) is 9.10 Å². The summed E-state index contributed by atoms with van der Waals surface area (Å²) >= 11 is 18.0. The van der Waals surface area contributed by atoms with Crippen molar-refractivity contribution in [1.82, 2.24) is 0 Å². The van der Waals surface area contributed by atoms with Crippen LogP contribution in [0.15, 0.2) is 41.3 Å². The van der Waals surface area contributed by atoms with Crippen LogP contribution in [0.5, 0.6) is 0 Å². The van der Waals surface area contributed by atoms with Gasteiger partial charge in [0.1, 0.15) is 11.4 Å². The molecule has 2 aromatic carbocycles. The molecule has 140 valence electrons. The minimum Gasteiger partial charge on any atom is -0.465 e. The Hall–Kier alpha value is -1.47. The standard InChI is InChI=1S/C17H16Cl3NO4S/c1-3-25-17(22)10-21(13-5-7-14(19)11(2)8-13)26(23,24)16-9-12(18)4-6-15(16)20/h4-9H,3,10H2,1-2H3. The lowest BCUT2D eigenvalue weighted by Crippen LogP contribution is -2.36. The minimum absolute atomic E-state index is 0.00561. The molecule has 0 atom stereocenters. The molecule has 0 saturated carbocycles. The van der Waals surface area contributed by atoms with E-state index in [1.807, 2.05) is 0 Å². The lowest BCUT2D eigenvalue weighted by molar-refractivity contribution is -0.141. The third-order valence-electron chi connectivity index (χ3n) is 3.47. The Bertz CT molecular complexity index is 932. The molecule has 0 unspecified atom stereocenters. The zero-order chi connectivity index (χ0) is 19.5. The fraction of sp³-hybridized carbons (Fsp3) is 0.235. The number of esters is 1. The molecular formula is C17H16Cl3NO4S. The Kier molecular flexibility index (Phi) is 6.80. The number of sulfonamides is 1. The van der Waals surface area contributed by atoms with Gasteiger partial charge in [-0.15, -0.1) is 0 Å². The van der Waals surface area contributed by atoms with E-state index in [4.69, 9.17) is 39.5 Å². The molecule has 2 rings (SSSR count). The van der Waals surface area contributed by atoms with E-state index in [2.05, 4.69) is 0 Å². The Balaban J connectivity index is 2.59. The molecule has 0 radical (unpaired) electrons. The topological polar surface area (TPSA) is 63.7 Å². The fourth-order valence-corrected chi connectivity index (χ4v) is 4.48. The molecule has 0 fully saturated rings. The molecule has 0 spiro atoms. The van der Waals surface area contributed by atoms with Gasteiger partial charge in [-0.25, -0.2) is 8.42 Å². The van der Waals surface area contributed by atoms with Crippen LogP contribution in [0.25, 0.3) is 0 Å². The average Bonchev–Trinajstić information content (AvgIpc) is 2.57. The summed E-state index contributed by atoms with van der Waals surface area (Å²) in [5, 5.41) is 0.674. The number of nitrogens with zero attached hydrogens (tertiary/aromatic N) is 1. The molecular weight excluding hydrogens is 421 g/mol. The quantitative estimate of drug-likeness (QED) is 0.615. The van der Waals surface area contributed by atoms with Crippen LogP contribution in [0.2, 0.25) is 15.1 Å². The van der Waals surface area contributed by atoms with Gasteiger partial charge in [0.05, 0.1) is 17.3 Å². The van der Waals surface area contributed by atoms with Crippen molar-refractivity contribution in [3.05, 3.63) is 57.0 Å². The summed E-state index contributed by atoms with van der Waals surface area (Å²) < 4.78 is 32.2. The number of hydrogen-bond acceptors (Lipinski definition) is 4. The number of halogens is 3. The highest BCUT2D eigenvalue weighted by Crippen LogP contribution is 2.32. The second-order valence-corrected chi connectivity index (χ2v) is 8.41. The normalized spacial score (nSPS) is 11.3. The number of anilines is 1. The Labute approximate surface area is 167 Å². The first kappa shape index (κ1) is 20.8. The molecule has 0 saturated heterocycles. The first-order valence-electron chi connectivity index (χ1n) is 7.56. The molecule has 0 amide bonds. The largest absolute Gasteiger partial charge is 0.465 e. The number of ether oxygens (including phenoxy) is 1. The third kappa shape index (κ3) is 4.62. The molecule has 0 bridgehead atoms. The molecule has 9 heteroatoms. The molecule has 0 aliphatic carbocycles. The van der Waals surface area contributed by atoms with E-state index >= 15 is 0 Å². The van der Waals surface area contributed by atoms with Crippen LogP contribution in [0, 0.1) is 6.92 Å². The van der Waals surface area contributed by atoms with Gasteiger partial charge in [0, 0.05) is 10.0 Å². The number of aryl methyl sites for hydroxylation is 1. The van der Waals surface area contributed by atoms with Gasteiger partial charge >= 0.3 is 5.97 Å². The molecule has 0 aliphatic rings. The molecule has 0 heterocycles. The van der Waals surface area contributed by atoms with Crippen molar-refractivity contribution in [2.75, 3.05) is 17.5 Å². The highest BCUT2D eigenvalue weighted by Gasteiger charge is 2.30. The number of carbonyl (C=O) groups is 1. The van der Waals surface area contributed by atoms with E-state index in [0.717, 1.165) is 4.31 Å². The highest BCUT2D eigenvalue weighted by molar-refractivity contribution is 7.93. The summed E-state index contributed by atoms with van der Waals surface area (Å²) in [6.45, 7) is 2.98. The second-order valence-electron chi connectivity index (χ2n) is 5.32. The van der Waals surface area contributed by atoms with E-state index in [0.29, 0.717) is 10.6 Å². The zero-order valence-electron chi connectivity index (χ0n) is 14.0. The average molecular weight is 437 g/mol. The first-order chi connectivity index (χ1) is 12.2. The van der Waals surface area contributed by atoms with Gasteiger partial charge in [-0.2, -0.15) is 0 Å². The summed E-state index contributed by atoms with van der Waals surface area (Å²) in [4.78, 5) is 11.8. The lowest BCUT2D eigenvalue weighted by Gasteiger charge is -2.24. The third-order valence-corrected chi connectivity index (χ3v) is 6.38. The maximum atomic E-state index is 13.2. The van der Waals surface area contributed by atoms with Crippen molar-refractivity contribution >= 4 is 56.5 Å². The van der Waals surface area contributed by atoms with Crippen LogP contribution in [-0.2, 0) is 19.6 Å². The summed E-state index contributed by atoms with van der Waals surface area (Å²) in [7, 11) is -4.18. The van der Waals surface area contributed by atoms with E-state index in [1.54, 1.807) is 26.0 Å². The molecule has 2 aromatic rings. The predicted octanol–water partition coefficient (Wildman–Crippen LogP) is 4.71. The van der Waals surface area contributed by atoms with Crippen molar-refractivity contribution in [1.29, 1.82) is 0 Å². The van der Waals surface area contributed by atoms with Crippen LogP contribution < -0.4 is 4.31 Å². The number of hydrogen-bond donors (Lipinski definition) is 0. The summed E-state index contributed by atoms with van der Waals surface area (Å²) in [6.07, 6.45) is 0. The molecule has 0 N–H and O–H groups in total. The zero-order valence-corrected chi connectivity index (χ0v) is 17.1. The minimum atomic E-state index is -4.18. The van der Waals surface area contributed by atoms with Gasteiger partial charge in [0.25, 0.3) is 10.0 Å². The number of benzene rings is 2.